The van der Waals surface area contributed by atoms with Gasteiger partial charge in [-0.2, -0.15) is 0 Å². The molecule has 1 saturated heterocycles. The lowest BCUT2D eigenvalue weighted by Gasteiger charge is -2.32. The number of thioether (sulfide) groups is 1. The van der Waals surface area contributed by atoms with Crippen LogP contribution in [0.3, 0.4) is 0 Å². The molecule has 3 aromatic rings. The third-order valence-corrected chi connectivity index (χ3v) is 7.60. The van der Waals surface area contributed by atoms with Gasteiger partial charge >= 0.3 is 5.97 Å². The summed E-state index contributed by atoms with van der Waals surface area (Å²) < 4.78 is 2.15. The summed E-state index contributed by atoms with van der Waals surface area (Å²) in [4.78, 5) is 23.8. The first-order valence-corrected chi connectivity index (χ1v) is 11.9. The number of aryl methyl sites for hydroxylation is 1. The highest BCUT2D eigenvalue weighted by Crippen LogP contribution is 2.49. The molecule has 1 aromatic carbocycles. The van der Waals surface area contributed by atoms with E-state index in [1.165, 1.54) is 5.56 Å². The molecule has 0 spiro atoms. The maximum absolute atomic E-state index is 11.5. The van der Waals surface area contributed by atoms with Gasteiger partial charge in [0.05, 0.1) is 17.3 Å². The zero-order chi connectivity index (χ0) is 22.4. The fourth-order valence-electron chi connectivity index (χ4n) is 4.95. The van der Waals surface area contributed by atoms with Crippen LogP contribution in [0.25, 0.3) is 5.69 Å². The number of carbonyl (C=O) groups is 1. The highest BCUT2D eigenvalue weighted by Gasteiger charge is 2.46. The Kier molecular flexibility index (Phi) is 5.29. The van der Waals surface area contributed by atoms with E-state index in [-0.39, 0.29) is 17.6 Å². The monoisotopic (exact) mass is 446 g/mol. The van der Waals surface area contributed by atoms with E-state index in [0.717, 1.165) is 40.1 Å². The number of aromatic nitrogens is 2. The molecule has 2 aromatic heterocycles. The summed E-state index contributed by atoms with van der Waals surface area (Å²) in [6.07, 6.45) is 2.90. The van der Waals surface area contributed by atoms with Crippen LogP contribution < -0.4 is 0 Å². The zero-order valence-corrected chi connectivity index (χ0v) is 19.2. The number of nitrogens with zero attached hydrogens (tertiary/aromatic N) is 4. The number of pyridine rings is 1. The summed E-state index contributed by atoms with van der Waals surface area (Å²) in [5, 5.41) is 10.6. The maximum atomic E-state index is 11.5. The SMILES string of the molecule is CC[C@@H]1CSC2=N[C@@H](c3ccccn3)[C@@H](c3cc(C)n(-c4cccc(C(=O)O)c4)c3C)N21. The van der Waals surface area contributed by atoms with Gasteiger partial charge in [0.2, 0.25) is 0 Å². The van der Waals surface area contributed by atoms with Crippen molar-refractivity contribution in [3.63, 3.8) is 0 Å². The van der Waals surface area contributed by atoms with Crippen molar-refractivity contribution in [2.24, 2.45) is 4.99 Å². The lowest BCUT2D eigenvalue weighted by molar-refractivity contribution is 0.0697. The van der Waals surface area contributed by atoms with Crippen molar-refractivity contribution in [3.8, 4) is 5.69 Å². The summed E-state index contributed by atoms with van der Waals surface area (Å²) in [5.74, 6) is 0.138. The number of benzene rings is 1. The van der Waals surface area contributed by atoms with Gasteiger partial charge in [0.1, 0.15) is 6.04 Å². The molecule has 32 heavy (non-hydrogen) atoms. The van der Waals surface area contributed by atoms with E-state index in [4.69, 9.17) is 4.99 Å². The quantitative estimate of drug-likeness (QED) is 0.586. The van der Waals surface area contributed by atoms with Crippen molar-refractivity contribution in [1.82, 2.24) is 14.5 Å². The van der Waals surface area contributed by atoms with Crippen LogP contribution in [-0.4, -0.2) is 42.5 Å². The fourth-order valence-corrected chi connectivity index (χ4v) is 6.29. The second kappa shape index (κ2) is 8.13. The van der Waals surface area contributed by atoms with Crippen molar-refractivity contribution in [3.05, 3.63) is 82.9 Å². The van der Waals surface area contributed by atoms with E-state index in [0.29, 0.717) is 6.04 Å². The Balaban J connectivity index is 1.63. The predicted molar refractivity (Wildman–Crippen MR) is 128 cm³/mol. The van der Waals surface area contributed by atoms with Crippen LogP contribution in [-0.2, 0) is 0 Å². The standard InChI is InChI=1S/C25H26N4O2S/c1-4-18-14-32-25-27-22(21-10-5-6-11-26-21)23(29(18)25)20-12-15(2)28(16(20)3)19-9-7-8-17(13-19)24(30)31/h5-13,18,22-23H,4,14H2,1-3H3,(H,30,31)/t18-,22+,23-/m1/s1. The molecular formula is C25H26N4O2S. The van der Waals surface area contributed by atoms with Crippen LogP contribution in [0.4, 0.5) is 0 Å². The molecule has 1 N–H and O–H groups in total. The van der Waals surface area contributed by atoms with Gasteiger partial charge in [0, 0.05) is 35.1 Å². The number of amidine groups is 1. The first-order chi connectivity index (χ1) is 15.5. The van der Waals surface area contributed by atoms with Crippen LogP contribution in [0, 0.1) is 13.8 Å². The average molecular weight is 447 g/mol. The van der Waals surface area contributed by atoms with E-state index < -0.39 is 5.97 Å². The Morgan fingerprint density at radius 2 is 2.03 bits per heavy atom. The van der Waals surface area contributed by atoms with Crippen LogP contribution in [0.5, 0.6) is 0 Å². The Hall–Kier alpha value is -3.06. The van der Waals surface area contributed by atoms with E-state index >= 15 is 0 Å². The van der Waals surface area contributed by atoms with Gasteiger partial charge in [-0.1, -0.05) is 30.8 Å². The lowest BCUT2D eigenvalue weighted by Crippen LogP contribution is -2.35. The molecule has 5 rings (SSSR count). The number of carboxylic acid groups (broad SMARTS) is 1. The number of aliphatic imine (C=N–C) groups is 1. The molecule has 6 nitrogen and oxygen atoms in total. The molecule has 4 heterocycles. The highest BCUT2D eigenvalue weighted by atomic mass is 32.2. The molecule has 2 aliphatic heterocycles. The molecule has 0 unspecified atom stereocenters. The summed E-state index contributed by atoms with van der Waals surface area (Å²) in [5.41, 5.74) is 5.54. The van der Waals surface area contributed by atoms with Crippen LogP contribution in [0.2, 0.25) is 0 Å². The number of carboxylic acids is 1. The smallest absolute Gasteiger partial charge is 0.335 e. The first kappa shape index (κ1) is 20.8. The zero-order valence-electron chi connectivity index (χ0n) is 18.4. The van der Waals surface area contributed by atoms with Gasteiger partial charge in [-0.25, -0.2) is 4.79 Å². The molecule has 0 radical (unpaired) electrons. The molecule has 0 saturated carbocycles. The summed E-state index contributed by atoms with van der Waals surface area (Å²) in [6, 6.07) is 15.8. The van der Waals surface area contributed by atoms with Crippen molar-refractivity contribution < 1.29 is 9.90 Å². The van der Waals surface area contributed by atoms with Gasteiger partial charge in [0.25, 0.3) is 0 Å². The number of hydrogen-bond donors (Lipinski definition) is 1. The average Bonchev–Trinajstić information content (AvgIpc) is 3.45. The minimum absolute atomic E-state index is 0.0626. The Bertz CT molecular complexity index is 1200. The highest BCUT2D eigenvalue weighted by molar-refractivity contribution is 8.14. The van der Waals surface area contributed by atoms with E-state index in [1.807, 2.05) is 36.2 Å². The van der Waals surface area contributed by atoms with Gasteiger partial charge in [0.15, 0.2) is 5.17 Å². The van der Waals surface area contributed by atoms with Gasteiger partial charge < -0.3 is 14.6 Å². The normalized spacial score (nSPS) is 22.2. The number of rotatable bonds is 5. The fraction of sp³-hybridized carbons (Fsp3) is 0.320. The second-order valence-electron chi connectivity index (χ2n) is 8.35. The Morgan fingerprint density at radius 3 is 2.75 bits per heavy atom. The maximum Gasteiger partial charge on any atom is 0.335 e. The predicted octanol–water partition coefficient (Wildman–Crippen LogP) is 5.17. The molecule has 3 atom stereocenters. The molecular weight excluding hydrogens is 420 g/mol. The number of hydrogen-bond acceptors (Lipinski definition) is 5. The van der Waals surface area contributed by atoms with Gasteiger partial charge in [-0.3, -0.25) is 9.98 Å². The van der Waals surface area contributed by atoms with Crippen LogP contribution in [0.15, 0.2) is 59.7 Å². The molecule has 0 amide bonds. The van der Waals surface area contributed by atoms with E-state index in [2.05, 4.69) is 47.4 Å². The topological polar surface area (TPSA) is 70.7 Å². The molecule has 164 valence electrons. The van der Waals surface area contributed by atoms with Crippen molar-refractivity contribution in [2.45, 2.75) is 45.3 Å². The first-order valence-electron chi connectivity index (χ1n) is 10.9. The minimum Gasteiger partial charge on any atom is -0.478 e. The Morgan fingerprint density at radius 1 is 1.19 bits per heavy atom. The van der Waals surface area contributed by atoms with Crippen molar-refractivity contribution >= 4 is 22.9 Å². The molecule has 7 heteroatoms. The van der Waals surface area contributed by atoms with E-state index in [1.54, 1.807) is 18.2 Å². The molecule has 2 aliphatic rings. The molecule has 0 aliphatic carbocycles. The summed E-state index contributed by atoms with van der Waals surface area (Å²) in [6.45, 7) is 6.43. The minimum atomic E-state index is -0.918. The largest absolute Gasteiger partial charge is 0.478 e. The Labute approximate surface area is 192 Å². The van der Waals surface area contributed by atoms with Gasteiger partial charge in [-0.15, -0.1) is 0 Å². The van der Waals surface area contributed by atoms with Crippen molar-refractivity contribution in [2.75, 3.05) is 5.75 Å². The molecule has 0 bridgehead atoms. The summed E-state index contributed by atoms with van der Waals surface area (Å²) in [7, 11) is 0. The lowest BCUT2D eigenvalue weighted by atomic mass is 9.95. The van der Waals surface area contributed by atoms with E-state index in [9.17, 15) is 9.90 Å². The van der Waals surface area contributed by atoms with Crippen LogP contribution in [0.1, 0.15) is 58.4 Å². The van der Waals surface area contributed by atoms with Crippen molar-refractivity contribution in [1.29, 1.82) is 0 Å². The van der Waals surface area contributed by atoms with Crippen LogP contribution >= 0.6 is 11.8 Å². The van der Waals surface area contributed by atoms with Gasteiger partial charge in [-0.05, 0) is 62.2 Å². The third kappa shape index (κ3) is 3.32. The summed E-state index contributed by atoms with van der Waals surface area (Å²) >= 11 is 1.84. The number of fused-ring (bicyclic) bond motifs is 1. The number of aromatic carboxylic acids is 1. The third-order valence-electron chi connectivity index (χ3n) is 6.47. The second-order valence-corrected chi connectivity index (χ2v) is 9.34. The molecule has 1 fully saturated rings.